The van der Waals surface area contributed by atoms with Crippen LogP contribution in [0.25, 0.3) is 0 Å². The van der Waals surface area contributed by atoms with Gasteiger partial charge in [0.1, 0.15) is 5.60 Å². The molecule has 2 heterocycles. The summed E-state index contributed by atoms with van der Waals surface area (Å²) in [6.45, 7) is 6.23. The summed E-state index contributed by atoms with van der Waals surface area (Å²) in [5, 5.41) is 10.8. The van der Waals surface area contributed by atoms with Gasteiger partial charge in [-0.3, -0.25) is 14.4 Å². The standard InChI is InChI=1S/C24H28F3N5O4/c1-16(33)36-23(2,3)10-11-28-21(34)19-8-9-20(30-29-19)31-12-14-32(15-13-31)22(35)17-6-4-5-7-18(17)24(25,26)27/h4-9H,10-15H2,1-3H3,(H,28,34). The monoisotopic (exact) mass is 507 g/mol. The molecule has 0 bridgehead atoms. The summed E-state index contributed by atoms with van der Waals surface area (Å²) in [5.41, 5.74) is -1.92. The highest BCUT2D eigenvalue weighted by molar-refractivity contribution is 5.96. The molecule has 0 unspecified atom stereocenters. The van der Waals surface area contributed by atoms with Gasteiger partial charge in [0.2, 0.25) is 0 Å². The predicted molar refractivity (Wildman–Crippen MR) is 124 cm³/mol. The zero-order valence-electron chi connectivity index (χ0n) is 20.3. The first kappa shape index (κ1) is 26.9. The van der Waals surface area contributed by atoms with Crippen LogP contribution in [0.5, 0.6) is 0 Å². The Hall–Kier alpha value is -3.70. The van der Waals surface area contributed by atoms with Crippen LogP contribution in [-0.4, -0.2) is 71.2 Å². The summed E-state index contributed by atoms with van der Waals surface area (Å²) < 4.78 is 45.0. The number of halogens is 3. The minimum Gasteiger partial charge on any atom is -0.460 e. The van der Waals surface area contributed by atoms with Crippen molar-refractivity contribution in [3.8, 4) is 0 Å². The fourth-order valence-electron chi connectivity index (χ4n) is 3.85. The minimum absolute atomic E-state index is 0.113. The van der Waals surface area contributed by atoms with Gasteiger partial charge in [-0.05, 0) is 38.1 Å². The molecule has 0 atom stereocenters. The fraction of sp³-hybridized carbons (Fsp3) is 0.458. The molecule has 0 spiro atoms. The van der Waals surface area contributed by atoms with Crippen molar-refractivity contribution in [3.05, 3.63) is 53.2 Å². The zero-order valence-corrected chi connectivity index (χ0v) is 20.3. The van der Waals surface area contributed by atoms with E-state index < -0.39 is 35.1 Å². The maximum absolute atomic E-state index is 13.3. The minimum atomic E-state index is -4.61. The van der Waals surface area contributed by atoms with Gasteiger partial charge in [0.05, 0.1) is 11.1 Å². The molecule has 1 aliphatic rings. The van der Waals surface area contributed by atoms with Crippen molar-refractivity contribution >= 4 is 23.6 Å². The molecule has 1 aromatic heterocycles. The van der Waals surface area contributed by atoms with Gasteiger partial charge in [-0.15, -0.1) is 10.2 Å². The summed E-state index contributed by atoms with van der Waals surface area (Å²) >= 11 is 0. The van der Waals surface area contributed by atoms with E-state index in [1.54, 1.807) is 19.9 Å². The number of ether oxygens (including phenoxy) is 1. The van der Waals surface area contributed by atoms with Crippen molar-refractivity contribution in [2.45, 2.75) is 39.0 Å². The van der Waals surface area contributed by atoms with E-state index >= 15 is 0 Å². The van der Waals surface area contributed by atoms with Gasteiger partial charge in [-0.1, -0.05) is 12.1 Å². The highest BCUT2D eigenvalue weighted by atomic mass is 19.4. The van der Waals surface area contributed by atoms with Crippen LogP contribution >= 0.6 is 0 Å². The van der Waals surface area contributed by atoms with E-state index in [2.05, 4.69) is 15.5 Å². The number of hydrogen-bond acceptors (Lipinski definition) is 7. The Morgan fingerprint density at radius 3 is 2.25 bits per heavy atom. The number of rotatable bonds is 7. The van der Waals surface area contributed by atoms with Crippen LogP contribution in [0.15, 0.2) is 36.4 Å². The van der Waals surface area contributed by atoms with E-state index in [1.807, 2.05) is 4.90 Å². The molecular weight excluding hydrogens is 479 g/mol. The molecule has 0 radical (unpaired) electrons. The molecule has 1 aromatic carbocycles. The van der Waals surface area contributed by atoms with Crippen molar-refractivity contribution < 1.29 is 32.3 Å². The van der Waals surface area contributed by atoms with Crippen LogP contribution in [0, 0.1) is 0 Å². The second kappa shape index (κ2) is 10.9. The van der Waals surface area contributed by atoms with Crippen molar-refractivity contribution in [3.63, 3.8) is 0 Å². The molecule has 2 amide bonds. The van der Waals surface area contributed by atoms with E-state index in [4.69, 9.17) is 4.74 Å². The predicted octanol–water partition coefficient (Wildman–Crippen LogP) is 2.92. The number of aromatic nitrogens is 2. The third-order valence-electron chi connectivity index (χ3n) is 5.67. The quantitative estimate of drug-likeness (QED) is 0.575. The van der Waals surface area contributed by atoms with Crippen molar-refractivity contribution in [1.82, 2.24) is 20.4 Å². The Kier molecular flexibility index (Phi) is 8.16. The summed E-state index contributed by atoms with van der Waals surface area (Å²) in [4.78, 5) is 39.4. The zero-order chi connectivity index (χ0) is 26.5. The van der Waals surface area contributed by atoms with Crippen LogP contribution in [0.1, 0.15) is 53.6 Å². The molecule has 12 heteroatoms. The van der Waals surface area contributed by atoms with Gasteiger partial charge >= 0.3 is 12.1 Å². The number of alkyl halides is 3. The molecule has 1 aliphatic heterocycles. The van der Waals surface area contributed by atoms with E-state index in [1.165, 1.54) is 36.1 Å². The van der Waals surface area contributed by atoms with Crippen LogP contribution in [0.3, 0.4) is 0 Å². The molecule has 3 rings (SSSR count). The molecule has 194 valence electrons. The first-order valence-electron chi connectivity index (χ1n) is 11.4. The summed E-state index contributed by atoms with van der Waals surface area (Å²) in [7, 11) is 0. The van der Waals surface area contributed by atoms with Gasteiger partial charge in [-0.2, -0.15) is 13.2 Å². The van der Waals surface area contributed by atoms with Crippen LogP contribution < -0.4 is 10.2 Å². The largest absolute Gasteiger partial charge is 0.460 e. The lowest BCUT2D eigenvalue weighted by atomic mass is 10.1. The van der Waals surface area contributed by atoms with Gasteiger partial charge in [-0.25, -0.2) is 0 Å². The molecule has 1 N–H and O–H groups in total. The SMILES string of the molecule is CC(=O)OC(C)(C)CCNC(=O)c1ccc(N2CCN(C(=O)c3ccccc3C(F)(F)F)CC2)nn1. The molecule has 9 nitrogen and oxygen atoms in total. The highest BCUT2D eigenvalue weighted by Crippen LogP contribution is 2.32. The number of nitrogens with one attached hydrogen (secondary N) is 1. The topological polar surface area (TPSA) is 105 Å². The van der Waals surface area contributed by atoms with Gasteiger partial charge in [0.25, 0.3) is 11.8 Å². The molecule has 0 aliphatic carbocycles. The van der Waals surface area contributed by atoms with E-state index in [0.29, 0.717) is 25.3 Å². The summed E-state index contributed by atoms with van der Waals surface area (Å²) in [6.07, 6.45) is -4.20. The molecule has 1 fully saturated rings. The third-order valence-corrected chi connectivity index (χ3v) is 5.67. The smallest absolute Gasteiger partial charge is 0.417 e. The molecular formula is C24H28F3N5O4. The van der Waals surface area contributed by atoms with E-state index in [9.17, 15) is 27.6 Å². The summed E-state index contributed by atoms with van der Waals surface area (Å²) in [6, 6.07) is 7.89. The number of hydrogen-bond donors (Lipinski definition) is 1. The Morgan fingerprint density at radius 1 is 1.00 bits per heavy atom. The third kappa shape index (κ3) is 6.92. The average Bonchev–Trinajstić information content (AvgIpc) is 2.82. The highest BCUT2D eigenvalue weighted by Gasteiger charge is 2.36. The van der Waals surface area contributed by atoms with Crippen molar-refractivity contribution in [2.75, 3.05) is 37.6 Å². The van der Waals surface area contributed by atoms with E-state index in [0.717, 1.165) is 6.07 Å². The number of amides is 2. The summed E-state index contributed by atoms with van der Waals surface area (Å²) in [5.74, 6) is -1.00. The fourth-order valence-corrected chi connectivity index (χ4v) is 3.85. The normalized spacial score (nSPS) is 14.4. The molecule has 1 saturated heterocycles. The number of piperazine rings is 1. The molecule has 36 heavy (non-hydrogen) atoms. The Morgan fingerprint density at radius 2 is 1.67 bits per heavy atom. The van der Waals surface area contributed by atoms with Crippen molar-refractivity contribution in [1.29, 1.82) is 0 Å². The van der Waals surface area contributed by atoms with Crippen LogP contribution in [-0.2, 0) is 15.7 Å². The molecule has 0 saturated carbocycles. The Balaban J connectivity index is 1.53. The lowest BCUT2D eigenvalue weighted by Crippen LogP contribution is -2.49. The van der Waals surface area contributed by atoms with Crippen LogP contribution in [0.4, 0.5) is 19.0 Å². The Labute approximate surface area is 206 Å². The number of esters is 1. The van der Waals surface area contributed by atoms with Gasteiger partial charge in [0, 0.05) is 46.1 Å². The lowest BCUT2D eigenvalue weighted by Gasteiger charge is -2.35. The average molecular weight is 508 g/mol. The van der Waals surface area contributed by atoms with Gasteiger partial charge < -0.3 is 19.9 Å². The number of anilines is 1. The Bertz CT molecular complexity index is 1100. The lowest BCUT2D eigenvalue weighted by molar-refractivity contribution is -0.154. The van der Waals surface area contributed by atoms with Crippen molar-refractivity contribution in [2.24, 2.45) is 0 Å². The number of nitrogens with zero attached hydrogens (tertiary/aromatic N) is 4. The number of benzene rings is 1. The van der Waals surface area contributed by atoms with Gasteiger partial charge in [0.15, 0.2) is 11.5 Å². The number of carbonyl (C=O) groups excluding carboxylic acids is 3. The number of carbonyl (C=O) groups is 3. The molecule has 2 aromatic rings. The first-order chi connectivity index (χ1) is 16.9. The van der Waals surface area contributed by atoms with Crippen LogP contribution in [0.2, 0.25) is 0 Å². The second-order valence-electron chi connectivity index (χ2n) is 8.96. The first-order valence-corrected chi connectivity index (χ1v) is 11.4. The maximum atomic E-state index is 13.3. The van der Waals surface area contributed by atoms with E-state index in [-0.39, 0.29) is 30.9 Å². The second-order valence-corrected chi connectivity index (χ2v) is 8.96. The maximum Gasteiger partial charge on any atom is 0.417 e.